The number of nitrogens with one attached hydrogen (secondary N) is 1. The Morgan fingerprint density at radius 2 is 1.74 bits per heavy atom. The zero-order valence-corrected chi connectivity index (χ0v) is 20.1. The van der Waals surface area contributed by atoms with E-state index < -0.39 is 11.4 Å². The number of fused-ring (bicyclic) bond motifs is 1. The highest BCUT2D eigenvalue weighted by molar-refractivity contribution is 6.33. The van der Waals surface area contributed by atoms with Gasteiger partial charge in [-0.25, -0.2) is 9.37 Å². The molecule has 0 radical (unpaired) electrons. The van der Waals surface area contributed by atoms with Crippen LogP contribution < -0.4 is 20.6 Å². The Labute approximate surface area is 206 Å². The normalized spacial score (nSPS) is 14.3. The molecule has 1 fully saturated rings. The molecule has 1 saturated heterocycles. The van der Waals surface area contributed by atoms with Gasteiger partial charge in [0.15, 0.2) is 5.65 Å². The van der Waals surface area contributed by atoms with E-state index in [1.165, 1.54) is 25.3 Å². The van der Waals surface area contributed by atoms with Crippen LogP contribution in [0.25, 0.3) is 22.3 Å². The Morgan fingerprint density at radius 1 is 1.00 bits per heavy atom. The van der Waals surface area contributed by atoms with Crippen LogP contribution in [0.4, 0.5) is 21.7 Å². The summed E-state index contributed by atoms with van der Waals surface area (Å²) in [6.07, 6.45) is 0. The molecule has 180 valence electrons. The van der Waals surface area contributed by atoms with Gasteiger partial charge in [-0.1, -0.05) is 17.7 Å². The first-order valence-electron chi connectivity index (χ1n) is 11.2. The lowest BCUT2D eigenvalue weighted by Crippen LogP contribution is -2.44. The fraction of sp³-hybridized carbons (Fsp3) is 0.240. The van der Waals surface area contributed by atoms with Crippen LogP contribution in [0.1, 0.15) is 0 Å². The second-order valence-electron chi connectivity index (χ2n) is 8.34. The monoisotopic (exact) mass is 494 g/mol. The van der Waals surface area contributed by atoms with E-state index in [0.717, 1.165) is 42.3 Å². The van der Waals surface area contributed by atoms with Crippen molar-refractivity contribution in [3.8, 4) is 11.3 Å². The molecule has 0 aliphatic carbocycles. The zero-order chi connectivity index (χ0) is 24.5. The Morgan fingerprint density at radius 3 is 2.43 bits per heavy atom. The fourth-order valence-electron chi connectivity index (χ4n) is 4.19. The predicted octanol–water partition coefficient (Wildman–Crippen LogP) is 3.80. The smallest absolute Gasteiger partial charge is 0.285 e. The number of pyridine rings is 1. The number of halogens is 2. The summed E-state index contributed by atoms with van der Waals surface area (Å²) in [5, 5.41) is 3.79. The number of hydrogen-bond acceptors (Lipinski definition) is 7. The highest BCUT2D eigenvalue weighted by Gasteiger charge is 2.20. The number of likely N-dealkylation sites (N-methyl/N-ethyl adjacent to an activating group) is 1. The van der Waals surface area contributed by atoms with Crippen molar-refractivity contribution in [3.63, 3.8) is 0 Å². The summed E-state index contributed by atoms with van der Waals surface area (Å²) in [4.78, 5) is 31.4. The number of hydrogen-bond donors (Lipinski definition) is 1. The first-order chi connectivity index (χ1) is 16.9. The van der Waals surface area contributed by atoms with Crippen molar-refractivity contribution in [2.45, 2.75) is 0 Å². The standard InChI is InChI=1S/C25H24ClFN6O2/c1-31-12-14-32(15-13-31)17-8-6-16(7-9-17)28-25-29-23(22-19(26)4-3-5-20(22)27)18-10-11-21(34)33(35-2)24(18)30-25/h3-11H,12-15H2,1-2H3,(H,28,29,30). The quantitative estimate of drug-likeness (QED) is 0.452. The zero-order valence-electron chi connectivity index (χ0n) is 19.3. The molecule has 4 aromatic rings. The highest BCUT2D eigenvalue weighted by Crippen LogP contribution is 2.34. The summed E-state index contributed by atoms with van der Waals surface area (Å²) >= 11 is 6.35. The maximum absolute atomic E-state index is 14.9. The molecule has 2 aromatic carbocycles. The van der Waals surface area contributed by atoms with E-state index in [1.807, 2.05) is 24.3 Å². The molecule has 0 saturated carbocycles. The van der Waals surface area contributed by atoms with E-state index >= 15 is 0 Å². The first kappa shape index (κ1) is 23.1. The third kappa shape index (κ3) is 4.52. The van der Waals surface area contributed by atoms with Crippen LogP contribution in [0.2, 0.25) is 5.02 Å². The SMILES string of the molecule is COn1c(=O)ccc2c(-c3c(F)cccc3Cl)nc(Nc3ccc(N4CCN(C)CC4)cc3)nc21. The number of rotatable bonds is 5. The van der Waals surface area contributed by atoms with Crippen LogP contribution >= 0.6 is 11.6 Å². The van der Waals surface area contributed by atoms with Crippen molar-refractivity contribution in [1.29, 1.82) is 0 Å². The molecule has 5 rings (SSSR count). The number of aromatic nitrogens is 3. The van der Waals surface area contributed by atoms with Gasteiger partial charge in [0.1, 0.15) is 12.9 Å². The summed E-state index contributed by atoms with van der Waals surface area (Å²) in [6, 6.07) is 15.2. The van der Waals surface area contributed by atoms with Crippen LogP contribution in [-0.2, 0) is 0 Å². The van der Waals surface area contributed by atoms with Crippen LogP contribution in [0.5, 0.6) is 0 Å². The maximum Gasteiger partial charge on any atom is 0.285 e. The van der Waals surface area contributed by atoms with Gasteiger partial charge in [-0.2, -0.15) is 4.98 Å². The summed E-state index contributed by atoms with van der Waals surface area (Å²) < 4.78 is 15.9. The fourth-order valence-corrected chi connectivity index (χ4v) is 4.44. The van der Waals surface area contributed by atoms with Crippen molar-refractivity contribution in [2.24, 2.45) is 0 Å². The lowest BCUT2D eigenvalue weighted by atomic mass is 10.1. The topological polar surface area (TPSA) is 75.5 Å². The van der Waals surface area contributed by atoms with E-state index in [-0.39, 0.29) is 27.9 Å². The second kappa shape index (κ2) is 9.52. The van der Waals surface area contributed by atoms with E-state index in [2.05, 4.69) is 32.1 Å². The Balaban J connectivity index is 1.56. The second-order valence-corrected chi connectivity index (χ2v) is 8.75. The molecule has 3 heterocycles. The van der Waals surface area contributed by atoms with Gasteiger partial charge in [-0.3, -0.25) is 4.79 Å². The number of nitrogens with zero attached hydrogens (tertiary/aromatic N) is 5. The van der Waals surface area contributed by atoms with E-state index in [0.29, 0.717) is 5.39 Å². The summed E-state index contributed by atoms with van der Waals surface area (Å²) in [5.74, 6) is -0.356. The highest BCUT2D eigenvalue weighted by atomic mass is 35.5. The van der Waals surface area contributed by atoms with E-state index in [4.69, 9.17) is 16.4 Å². The molecule has 2 aromatic heterocycles. The molecular weight excluding hydrogens is 471 g/mol. The molecule has 10 heteroatoms. The molecule has 0 bridgehead atoms. The lowest BCUT2D eigenvalue weighted by molar-refractivity contribution is 0.167. The van der Waals surface area contributed by atoms with Crippen molar-refractivity contribution in [2.75, 3.05) is 50.6 Å². The van der Waals surface area contributed by atoms with Gasteiger partial charge >= 0.3 is 0 Å². The predicted molar refractivity (Wildman–Crippen MR) is 136 cm³/mol. The van der Waals surface area contributed by atoms with Crippen molar-refractivity contribution in [3.05, 3.63) is 75.8 Å². The van der Waals surface area contributed by atoms with Gasteiger partial charge in [0, 0.05) is 49.0 Å². The first-order valence-corrected chi connectivity index (χ1v) is 11.6. The largest absolute Gasteiger partial charge is 0.412 e. The van der Waals surface area contributed by atoms with Crippen LogP contribution in [0.3, 0.4) is 0 Å². The number of anilines is 3. The molecule has 0 amide bonds. The minimum absolute atomic E-state index is 0.122. The summed E-state index contributed by atoms with van der Waals surface area (Å²) in [6.45, 7) is 3.98. The molecule has 8 nitrogen and oxygen atoms in total. The minimum atomic E-state index is -0.532. The maximum atomic E-state index is 14.9. The van der Waals surface area contributed by atoms with Crippen molar-refractivity contribution >= 4 is 40.0 Å². The molecule has 1 N–H and O–H groups in total. The Bertz CT molecular complexity index is 1410. The molecular formula is C25H24ClFN6O2. The van der Waals surface area contributed by atoms with E-state index in [1.54, 1.807) is 12.1 Å². The third-order valence-electron chi connectivity index (χ3n) is 6.08. The molecule has 35 heavy (non-hydrogen) atoms. The van der Waals surface area contributed by atoms with Gasteiger partial charge in [-0.05, 0) is 49.5 Å². The van der Waals surface area contributed by atoms with Gasteiger partial charge < -0.3 is 20.0 Å². The molecule has 1 aliphatic heterocycles. The average Bonchev–Trinajstić information content (AvgIpc) is 2.85. The molecule has 0 spiro atoms. The van der Waals surface area contributed by atoms with Crippen LogP contribution in [0.15, 0.2) is 59.4 Å². The molecule has 1 aliphatic rings. The Kier molecular flexibility index (Phi) is 6.27. The summed E-state index contributed by atoms with van der Waals surface area (Å²) in [5.41, 5.74) is 2.04. The van der Waals surface area contributed by atoms with Gasteiger partial charge in [0.25, 0.3) is 5.56 Å². The Hall–Kier alpha value is -3.69. The summed E-state index contributed by atoms with van der Waals surface area (Å²) in [7, 11) is 3.49. The van der Waals surface area contributed by atoms with Gasteiger partial charge in [0.2, 0.25) is 5.95 Å². The van der Waals surface area contributed by atoms with Gasteiger partial charge in [-0.15, -0.1) is 4.73 Å². The average molecular weight is 495 g/mol. The van der Waals surface area contributed by atoms with Gasteiger partial charge in [0.05, 0.1) is 16.3 Å². The van der Waals surface area contributed by atoms with Crippen LogP contribution in [0, 0.1) is 5.82 Å². The third-order valence-corrected chi connectivity index (χ3v) is 6.40. The number of piperazine rings is 1. The minimum Gasteiger partial charge on any atom is -0.412 e. The number of benzene rings is 2. The van der Waals surface area contributed by atoms with Crippen LogP contribution in [-0.4, -0.2) is 59.9 Å². The molecule has 0 atom stereocenters. The van der Waals surface area contributed by atoms with Crippen molar-refractivity contribution in [1.82, 2.24) is 19.6 Å². The molecule has 0 unspecified atom stereocenters. The van der Waals surface area contributed by atoms with E-state index in [9.17, 15) is 9.18 Å². The lowest BCUT2D eigenvalue weighted by Gasteiger charge is -2.34. The van der Waals surface area contributed by atoms with Crippen molar-refractivity contribution < 1.29 is 9.23 Å².